The Hall–Kier alpha value is -1.00. The number of hydrogen-bond acceptors (Lipinski definition) is 3. The van der Waals surface area contributed by atoms with E-state index in [9.17, 15) is 4.79 Å². The van der Waals surface area contributed by atoms with Crippen LogP contribution in [-0.2, 0) is 4.79 Å². The molecule has 1 atom stereocenters. The molecular weight excluding hydrogens is 258 g/mol. The summed E-state index contributed by atoms with van der Waals surface area (Å²) in [5, 5.41) is 12.0. The van der Waals surface area contributed by atoms with Gasteiger partial charge in [-0.05, 0) is 25.0 Å². The molecule has 1 rings (SSSR count). The molecule has 0 spiro atoms. The van der Waals surface area contributed by atoms with Gasteiger partial charge in [-0.2, -0.15) is 0 Å². The molecule has 1 aromatic rings. The van der Waals surface area contributed by atoms with Gasteiger partial charge in [-0.15, -0.1) is 11.8 Å². The van der Waals surface area contributed by atoms with Crippen molar-refractivity contribution in [2.75, 3.05) is 12.4 Å². The highest BCUT2D eigenvalue weighted by molar-refractivity contribution is 7.99. The summed E-state index contributed by atoms with van der Waals surface area (Å²) in [6.45, 7) is 6.03. The first-order valence-corrected chi connectivity index (χ1v) is 7.61. The van der Waals surface area contributed by atoms with Crippen LogP contribution in [0.5, 0.6) is 0 Å². The zero-order chi connectivity index (χ0) is 14.3. The third kappa shape index (κ3) is 6.12. The van der Waals surface area contributed by atoms with Crippen LogP contribution in [0.1, 0.15) is 25.8 Å². The fraction of sp³-hybridized carbons (Fsp3) is 0.533. The lowest BCUT2D eigenvalue weighted by Crippen LogP contribution is -2.41. The molecule has 0 fully saturated rings. The number of aliphatic hydroxyl groups excluding tert-OH is 1. The number of rotatable bonds is 7. The highest BCUT2D eigenvalue weighted by Gasteiger charge is 2.14. The second-order valence-corrected chi connectivity index (χ2v) is 6.18. The van der Waals surface area contributed by atoms with Gasteiger partial charge in [0, 0.05) is 17.1 Å². The van der Waals surface area contributed by atoms with E-state index in [1.165, 1.54) is 10.5 Å². The molecule has 0 radical (unpaired) electrons. The Kier molecular flexibility index (Phi) is 6.95. The molecule has 0 heterocycles. The van der Waals surface area contributed by atoms with Crippen LogP contribution in [0.3, 0.4) is 0 Å². The van der Waals surface area contributed by atoms with Crippen molar-refractivity contribution in [2.24, 2.45) is 5.92 Å². The van der Waals surface area contributed by atoms with Gasteiger partial charge < -0.3 is 10.4 Å². The summed E-state index contributed by atoms with van der Waals surface area (Å²) in [7, 11) is 0. The van der Waals surface area contributed by atoms with Crippen LogP contribution < -0.4 is 5.32 Å². The van der Waals surface area contributed by atoms with Crippen molar-refractivity contribution >= 4 is 17.7 Å². The van der Waals surface area contributed by atoms with Crippen molar-refractivity contribution in [1.82, 2.24) is 5.32 Å². The van der Waals surface area contributed by atoms with Crippen LogP contribution in [0, 0.1) is 12.8 Å². The fourth-order valence-corrected chi connectivity index (χ4v) is 2.45. The average molecular weight is 281 g/mol. The van der Waals surface area contributed by atoms with E-state index in [-0.39, 0.29) is 24.5 Å². The number of benzene rings is 1. The predicted octanol–water partition coefficient (Wildman–Crippen LogP) is 2.61. The van der Waals surface area contributed by atoms with Crippen molar-refractivity contribution in [3.8, 4) is 0 Å². The van der Waals surface area contributed by atoms with E-state index in [4.69, 9.17) is 5.11 Å². The summed E-state index contributed by atoms with van der Waals surface area (Å²) in [6.07, 6.45) is 0.474. The van der Waals surface area contributed by atoms with Gasteiger partial charge in [0.2, 0.25) is 5.91 Å². The maximum Gasteiger partial charge on any atom is 0.221 e. The van der Waals surface area contributed by atoms with Crippen LogP contribution in [0.2, 0.25) is 0 Å². The lowest BCUT2D eigenvalue weighted by molar-refractivity contribution is -0.122. The Balaban J connectivity index is 2.29. The highest BCUT2D eigenvalue weighted by Crippen LogP contribution is 2.18. The molecule has 0 aromatic heterocycles. The van der Waals surface area contributed by atoms with Gasteiger partial charge in [-0.3, -0.25) is 4.79 Å². The average Bonchev–Trinajstić information content (AvgIpc) is 2.38. The molecule has 3 nitrogen and oxygen atoms in total. The Morgan fingerprint density at radius 1 is 1.32 bits per heavy atom. The molecule has 0 aliphatic rings. The zero-order valence-electron chi connectivity index (χ0n) is 11.8. The quantitative estimate of drug-likeness (QED) is 0.755. The Morgan fingerprint density at radius 2 is 1.95 bits per heavy atom. The lowest BCUT2D eigenvalue weighted by Gasteiger charge is -2.19. The van der Waals surface area contributed by atoms with Crippen LogP contribution in [0.4, 0.5) is 0 Å². The van der Waals surface area contributed by atoms with Crippen LogP contribution in [0.15, 0.2) is 29.2 Å². The van der Waals surface area contributed by atoms with Gasteiger partial charge in [0.25, 0.3) is 0 Å². The molecule has 0 unspecified atom stereocenters. The van der Waals surface area contributed by atoms with E-state index < -0.39 is 0 Å². The Labute approximate surface area is 119 Å². The third-order valence-electron chi connectivity index (χ3n) is 2.97. The predicted molar refractivity (Wildman–Crippen MR) is 80.4 cm³/mol. The molecule has 0 saturated carbocycles. The minimum atomic E-state index is -0.142. The SMILES string of the molecule is Cc1ccc(SCCC(=O)N[C@H](CO)C(C)C)cc1. The number of carbonyl (C=O) groups is 1. The van der Waals surface area contributed by atoms with Crippen LogP contribution >= 0.6 is 11.8 Å². The molecule has 106 valence electrons. The first kappa shape index (κ1) is 16.1. The van der Waals surface area contributed by atoms with E-state index in [2.05, 4.69) is 36.5 Å². The van der Waals surface area contributed by atoms with Gasteiger partial charge in [0.15, 0.2) is 0 Å². The van der Waals surface area contributed by atoms with Crippen LogP contribution in [0.25, 0.3) is 0 Å². The van der Waals surface area contributed by atoms with E-state index in [0.717, 1.165) is 5.75 Å². The van der Waals surface area contributed by atoms with E-state index in [1.54, 1.807) is 11.8 Å². The molecule has 0 bridgehead atoms. The number of carbonyl (C=O) groups excluding carboxylic acids is 1. The number of amides is 1. The van der Waals surface area contributed by atoms with Gasteiger partial charge in [0.1, 0.15) is 0 Å². The number of aryl methyl sites for hydroxylation is 1. The largest absolute Gasteiger partial charge is 0.394 e. The molecule has 1 amide bonds. The number of nitrogens with one attached hydrogen (secondary N) is 1. The third-order valence-corrected chi connectivity index (χ3v) is 3.98. The van der Waals surface area contributed by atoms with Gasteiger partial charge in [-0.25, -0.2) is 0 Å². The molecular formula is C15H23NO2S. The Morgan fingerprint density at radius 3 is 2.47 bits per heavy atom. The molecule has 1 aromatic carbocycles. The van der Waals surface area contributed by atoms with Gasteiger partial charge in [-0.1, -0.05) is 31.5 Å². The summed E-state index contributed by atoms with van der Waals surface area (Å²) >= 11 is 1.68. The molecule has 0 saturated heterocycles. The minimum absolute atomic E-state index is 0.00544. The number of hydrogen-bond donors (Lipinski definition) is 2. The fourth-order valence-electron chi connectivity index (χ4n) is 1.60. The lowest BCUT2D eigenvalue weighted by atomic mass is 10.1. The minimum Gasteiger partial charge on any atom is -0.394 e. The van der Waals surface area contributed by atoms with Crippen molar-refractivity contribution in [3.05, 3.63) is 29.8 Å². The molecule has 2 N–H and O–H groups in total. The summed E-state index contributed by atoms with van der Waals surface area (Å²) in [5.74, 6) is 1.01. The van der Waals surface area contributed by atoms with Crippen molar-refractivity contribution in [3.63, 3.8) is 0 Å². The van der Waals surface area contributed by atoms with Crippen molar-refractivity contribution in [2.45, 2.75) is 38.1 Å². The number of thioether (sulfide) groups is 1. The molecule has 0 aliphatic heterocycles. The van der Waals surface area contributed by atoms with Gasteiger partial charge >= 0.3 is 0 Å². The first-order valence-electron chi connectivity index (χ1n) is 6.62. The van der Waals surface area contributed by atoms with E-state index in [0.29, 0.717) is 6.42 Å². The second kappa shape index (κ2) is 8.23. The molecule has 0 aliphatic carbocycles. The van der Waals surface area contributed by atoms with Crippen molar-refractivity contribution in [1.29, 1.82) is 0 Å². The van der Waals surface area contributed by atoms with Gasteiger partial charge in [0.05, 0.1) is 12.6 Å². The second-order valence-electron chi connectivity index (χ2n) is 5.01. The Bertz CT molecular complexity index is 390. The van der Waals surface area contributed by atoms with Crippen LogP contribution in [-0.4, -0.2) is 29.4 Å². The summed E-state index contributed by atoms with van der Waals surface area (Å²) in [5.41, 5.74) is 1.24. The standard InChI is InChI=1S/C15H23NO2S/c1-11(2)14(10-17)16-15(18)8-9-19-13-6-4-12(3)5-7-13/h4-7,11,14,17H,8-10H2,1-3H3,(H,16,18)/t14-/m1/s1. The summed E-state index contributed by atoms with van der Waals surface area (Å²) in [6, 6.07) is 8.15. The van der Waals surface area contributed by atoms with Crippen molar-refractivity contribution < 1.29 is 9.90 Å². The number of aliphatic hydroxyl groups is 1. The smallest absolute Gasteiger partial charge is 0.221 e. The first-order chi connectivity index (χ1) is 9.02. The normalized spacial score (nSPS) is 12.5. The molecule has 4 heteroatoms. The maximum absolute atomic E-state index is 11.7. The molecule has 19 heavy (non-hydrogen) atoms. The monoisotopic (exact) mass is 281 g/mol. The summed E-state index contributed by atoms with van der Waals surface area (Å²) < 4.78 is 0. The highest BCUT2D eigenvalue weighted by atomic mass is 32.2. The zero-order valence-corrected chi connectivity index (χ0v) is 12.7. The van der Waals surface area contributed by atoms with E-state index >= 15 is 0 Å². The maximum atomic E-state index is 11.7. The van der Waals surface area contributed by atoms with E-state index in [1.807, 2.05) is 13.8 Å². The topological polar surface area (TPSA) is 49.3 Å². The summed E-state index contributed by atoms with van der Waals surface area (Å²) in [4.78, 5) is 12.9.